The summed E-state index contributed by atoms with van der Waals surface area (Å²) in [5.41, 5.74) is 2.14. The van der Waals surface area contributed by atoms with E-state index in [0.717, 1.165) is 37.4 Å². The molecule has 3 aromatic rings. The zero-order chi connectivity index (χ0) is 43.2. The van der Waals surface area contributed by atoms with Crippen molar-refractivity contribution in [2.75, 3.05) is 19.5 Å². The van der Waals surface area contributed by atoms with Crippen molar-refractivity contribution in [1.82, 2.24) is 26.3 Å². The Kier molecular flexibility index (Phi) is 14.7. The normalized spacial score (nSPS) is 23.2. The standard InChI is InChI=1S/C43H51BCl2F2N7O4/c1-24(51-25(2)56)22-55(50-6)29-15-12-27(13-16-29)44-54-40(57)26-11-18-34(35(19-26)59-7)52-41(58)39-37(30-9-8-10-32(46)38(30)48)43(23-49,36(53-39)21-42(3,4)5)31-17-14-28(45)20-33(31)47/h8-11,14,17-20,22,27,29,36-37,39,50,53H,12-13,15-16,21H2,1-7H3,(H,51,56)(H,52,58)(H,54,57)/b24-22+/t27?,29?,36-,37-,39+,43-/m0/s1. The van der Waals surface area contributed by atoms with Crippen LogP contribution in [-0.2, 0) is 15.0 Å². The predicted molar refractivity (Wildman–Crippen MR) is 227 cm³/mol. The van der Waals surface area contributed by atoms with Gasteiger partial charge in [-0.2, -0.15) is 5.26 Å². The number of benzene rings is 3. The summed E-state index contributed by atoms with van der Waals surface area (Å²) in [6, 6.07) is 13.4. The summed E-state index contributed by atoms with van der Waals surface area (Å²) in [6.45, 7) is 9.17. The van der Waals surface area contributed by atoms with E-state index in [4.69, 9.17) is 27.9 Å². The molecule has 3 aromatic carbocycles. The Bertz CT molecular complexity index is 2120. The minimum absolute atomic E-state index is 0.0329. The molecule has 3 amide bonds. The largest absolute Gasteiger partial charge is 0.495 e. The van der Waals surface area contributed by atoms with Gasteiger partial charge in [0.2, 0.25) is 25.1 Å². The van der Waals surface area contributed by atoms with E-state index in [1.165, 1.54) is 56.5 Å². The van der Waals surface area contributed by atoms with Crippen molar-refractivity contribution in [1.29, 1.82) is 5.26 Å². The van der Waals surface area contributed by atoms with Crippen molar-refractivity contribution in [3.05, 3.63) is 105 Å². The highest BCUT2D eigenvalue weighted by atomic mass is 35.5. The molecule has 2 aliphatic rings. The van der Waals surface area contributed by atoms with Crippen molar-refractivity contribution in [2.24, 2.45) is 5.41 Å². The number of anilines is 1. The maximum absolute atomic E-state index is 16.1. The quantitative estimate of drug-likeness (QED) is 0.0867. The molecular weight excluding hydrogens is 798 g/mol. The van der Waals surface area contributed by atoms with Crippen LogP contribution in [0.4, 0.5) is 14.5 Å². The van der Waals surface area contributed by atoms with E-state index in [-0.39, 0.29) is 61.8 Å². The average Bonchev–Trinajstić information content (AvgIpc) is 3.49. The molecule has 2 fully saturated rings. The number of rotatable bonds is 13. The van der Waals surface area contributed by atoms with E-state index in [0.29, 0.717) is 6.42 Å². The highest BCUT2D eigenvalue weighted by Crippen LogP contribution is 2.53. The van der Waals surface area contributed by atoms with Gasteiger partial charge in [0.15, 0.2) is 0 Å². The number of ether oxygens (including phenoxy) is 1. The van der Waals surface area contributed by atoms with Gasteiger partial charge in [-0.3, -0.25) is 14.4 Å². The second-order valence-corrected chi connectivity index (χ2v) is 17.3. The molecule has 1 heterocycles. The van der Waals surface area contributed by atoms with Crippen LogP contribution in [0.1, 0.15) is 94.1 Å². The molecule has 0 spiro atoms. The van der Waals surface area contributed by atoms with Crippen molar-refractivity contribution in [3.63, 3.8) is 0 Å². The molecule has 0 bridgehead atoms. The number of carbonyl (C=O) groups excluding carboxylic acids is 3. The van der Waals surface area contributed by atoms with Crippen LogP contribution < -0.4 is 31.3 Å². The van der Waals surface area contributed by atoms with E-state index in [1.54, 1.807) is 6.07 Å². The van der Waals surface area contributed by atoms with Gasteiger partial charge in [-0.1, -0.05) is 75.0 Å². The monoisotopic (exact) mass is 848 g/mol. The van der Waals surface area contributed by atoms with E-state index < -0.39 is 46.4 Å². The highest BCUT2D eigenvalue weighted by Gasteiger charge is 2.61. The number of carbonyl (C=O) groups is 3. The summed E-state index contributed by atoms with van der Waals surface area (Å²) in [7, 11) is 5.04. The van der Waals surface area contributed by atoms with E-state index in [2.05, 4.69) is 32.7 Å². The Hall–Kier alpha value is -4.68. The molecule has 59 heavy (non-hydrogen) atoms. The van der Waals surface area contributed by atoms with Crippen molar-refractivity contribution >= 4 is 54.0 Å². The summed E-state index contributed by atoms with van der Waals surface area (Å²) in [4.78, 5) is 39.3. The lowest BCUT2D eigenvalue weighted by molar-refractivity contribution is -0.119. The van der Waals surface area contributed by atoms with Gasteiger partial charge in [0.1, 0.15) is 22.8 Å². The third-order valence-electron chi connectivity index (χ3n) is 11.0. The Labute approximate surface area is 355 Å². The first-order valence-corrected chi connectivity index (χ1v) is 20.3. The topological polar surface area (TPSA) is 148 Å². The first kappa shape index (κ1) is 45.4. The minimum atomic E-state index is -1.80. The fourth-order valence-corrected chi connectivity index (χ4v) is 8.74. The Morgan fingerprint density at radius 1 is 1.07 bits per heavy atom. The summed E-state index contributed by atoms with van der Waals surface area (Å²) in [5.74, 6) is -3.66. The van der Waals surface area contributed by atoms with Crippen molar-refractivity contribution in [2.45, 2.75) is 102 Å². The molecule has 5 N–H and O–H groups in total. The molecule has 1 saturated heterocycles. The molecule has 0 unspecified atom stereocenters. The maximum Gasteiger partial charge on any atom is 0.250 e. The van der Waals surface area contributed by atoms with Crippen LogP contribution in [-0.4, -0.2) is 62.4 Å². The fraction of sp³-hybridized carbons (Fsp3) is 0.442. The van der Waals surface area contributed by atoms with Gasteiger partial charge in [-0.25, -0.2) is 14.2 Å². The Morgan fingerprint density at radius 3 is 2.39 bits per heavy atom. The van der Waals surface area contributed by atoms with Gasteiger partial charge in [-0.15, -0.1) is 0 Å². The van der Waals surface area contributed by atoms with E-state index in [9.17, 15) is 19.6 Å². The van der Waals surface area contributed by atoms with Gasteiger partial charge in [0, 0.05) is 60.0 Å². The first-order valence-electron chi connectivity index (χ1n) is 19.5. The van der Waals surface area contributed by atoms with Gasteiger partial charge in [0.05, 0.1) is 29.9 Å². The number of nitriles is 1. The fourth-order valence-electron chi connectivity index (χ4n) is 8.40. The van der Waals surface area contributed by atoms with Gasteiger partial charge >= 0.3 is 0 Å². The molecule has 1 radical (unpaired) electrons. The second-order valence-electron chi connectivity index (χ2n) is 16.4. The lowest BCUT2D eigenvalue weighted by atomic mass is 9.62. The molecule has 1 aliphatic carbocycles. The van der Waals surface area contributed by atoms with Crippen LogP contribution in [0, 0.1) is 28.4 Å². The smallest absolute Gasteiger partial charge is 0.250 e. The van der Waals surface area contributed by atoms with Crippen LogP contribution >= 0.6 is 23.2 Å². The van der Waals surface area contributed by atoms with Crippen LogP contribution in [0.2, 0.25) is 15.9 Å². The second kappa shape index (κ2) is 19.1. The molecule has 0 aromatic heterocycles. The molecule has 313 valence electrons. The molecule has 11 nitrogen and oxygen atoms in total. The number of methoxy groups -OCH3 is 1. The van der Waals surface area contributed by atoms with E-state index in [1.807, 2.05) is 53.4 Å². The molecule has 4 atom stereocenters. The van der Waals surface area contributed by atoms with E-state index >= 15 is 8.78 Å². The summed E-state index contributed by atoms with van der Waals surface area (Å²) in [6.07, 6.45) is 5.60. The SMILES string of the molecule is CNN(/C=C(\C)NC(C)=O)C1CCC([B]NC(=O)c2ccc(NC(=O)[C@@H]3N[C@@H](CC(C)(C)C)[C@](C#N)(c4ccc(Cl)cc4F)[C@H]3c3cccc(Cl)c3F)c(OC)c2)CC1. The Morgan fingerprint density at radius 2 is 1.78 bits per heavy atom. The number of allylic oxidation sites excluding steroid dienone is 1. The number of hydrazine groups is 1. The third-order valence-corrected chi connectivity index (χ3v) is 11.5. The number of hydrogen-bond acceptors (Lipinski definition) is 8. The number of nitrogens with one attached hydrogen (secondary N) is 5. The maximum atomic E-state index is 16.1. The number of hydrogen-bond donors (Lipinski definition) is 5. The number of amides is 3. The summed E-state index contributed by atoms with van der Waals surface area (Å²) in [5, 5.41) is 24.9. The lowest BCUT2D eigenvalue weighted by Gasteiger charge is -2.37. The van der Waals surface area contributed by atoms with Crippen LogP contribution in [0.3, 0.4) is 0 Å². The van der Waals surface area contributed by atoms with Gasteiger partial charge in [0.25, 0.3) is 0 Å². The molecule has 16 heteroatoms. The zero-order valence-corrected chi connectivity index (χ0v) is 35.8. The van der Waals surface area contributed by atoms with Crippen molar-refractivity contribution in [3.8, 4) is 11.8 Å². The van der Waals surface area contributed by atoms with Gasteiger partial charge in [-0.05, 0) is 79.4 Å². The zero-order valence-electron chi connectivity index (χ0n) is 34.3. The average molecular weight is 850 g/mol. The van der Waals surface area contributed by atoms with Gasteiger partial charge < -0.3 is 30.9 Å². The van der Waals surface area contributed by atoms with Crippen molar-refractivity contribution < 1.29 is 27.9 Å². The number of halogens is 4. The predicted octanol–water partition coefficient (Wildman–Crippen LogP) is 7.75. The lowest BCUT2D eigenvalue weighted by Crippen LogP contribution is -2.45. The molecule has 1 saturated carbocycles. The van der Waals surface area contributed by atoms with Crippen LogP contribution in [0.15, 0.2) is 66.5 Å². The molecule has 5 rings (SSSR count). The first-order chi connectivity index (χ1) is 27.9. The van der Waals surface area contributed by atoms with Crippen LogP contribution in [0.5, 0.6) is 5.75 Å². The highest BCUT2D eigenvalue weighted by molar-refractivity contribution is 6.40. The minimum Gasteiger partial charge on any atom is -0.495 e. The summed E-state index contributed by atoms with van der Waals surface area (Å²) >= 11 is 12.4. The Balaban J connectivity index is 1.36. The number of nitrogens with zero attached hydrogens (tertiary/aromatic N) is 2. The third kappa shape index (κ3) is 10.4. The summed E-state index contributed by atoms with van der Waals surface area (Å²) < 4.78 is 37.8. The van der Waals surface area contributed by atoms with Crippen LogP contribution in [0.25, 0.3) is 0 Å². The molecular formula is C43H51BCl2F2N7O4. The molecule has 1 aliphatic heterocycles.